The Morgan fingerprint density at radius 1 is 1.34 bits per heavy atom. The molecule has 3 amide bonds. The van der Waals surface area contributed by atoms with Crippen molar-refractivity contribution in [1.29, 1.82) is 0 Å². The number of hydrogen-bond acceptors (Lipinski definition) is 8. The van der Waals surface area contributed by atoms with Crippen LogP contribution in [0.5, 0.6) is 5.75 Å². The summed E-state index contributed by atoms with van der Waals surface area (Å²) in [5.41, 5.74) is 2.83. The van der Waals surface area contributed by atoms with Crippen molar-refractivity contribution in [3.8, 4) is 5.75 Å². The van der Waals surface area contributed by atoms with Crippen LogP contribution in [0.15, 0.2) is 40.4 Å². The highest BCUT2D eigenvalue weighted by Crippen LogP contribution is 2.23. The topological polar surface area (TPSA) is 119 Å². The number of hydrogen-bond donors (Lipinski definition) is 3. The van der Waals surface area contributed by atoms with E-state index in [9.17, 15) is 14.7 Å². The molecule has 3 rings (SSSR count). The fourth-order valence-corrected chi connectivity index (χ4v) is 3.05. The van der Waals surface area contributed by atoms with Crippen LogP contribution in [-0.2, 0) is 4.79 Å². The Bertz CT molecular complexity index is 797. The number of nitrogens with zero attached hydrogens (tertiary/aromatic N) is 4. The molecule has 10 heteroatoms. The van der Waals surface area contributed by atoms with E-state index in [0.717, 1.165) is 0 Å². The Hall–Kier alpha value is -3.14. The van der Waals surface area contributed by atoms with Gasteiger partial charge in [0.05, 0.1) is 6.54 Å². The van der Waals surface area contributed by atoms with Gasteiger partial charge in [0.25, 0.3) is 5.91 Å². The molecule has 3 N–H and O–H groups in total. The maximum absolute atomic E-state index is 12.5. The number of guanidine groups is 1. The van der Waals surface area contributed by atoms with E-state index in [1.165, 1.54) is 4.90 Å². The predicted molar refractivity (Wildman–Crippen MR) is 107 cm³/mol. The number of fused-ring (bicyclic) bond motifs is 1. The van der Waals surface area contributed by atoms with Gasteiger partial charge in [0.1, 0.15) is 18.5 Å². The zero-order chi connectivity index (χ0) is 21.0. The normalized spacial score (nSPS) is 22.6. The molecule has 3 atom stereocenters. The summed E-state index contributed by atoms with van der Waals surface area (Å²) < 4.78 is 5.60. The quantitative estimate of drug-likeness (QED) is 0.443. The summed E-state index contributed by atoms with van der Waals surface area (Å²) in [7, 11) is 1.57. The summed E-state index contributed by atoms with van der Waals surface area (Å²) in [5.74, 6) is 0.702. The molecule has 0 spiro atoms. The number of aliphatic imine (C=N–C) groups is 1. The van der Waals surface area contributed by atoms with Crippen LogP contribution in [0.25, 0.3) is 0 Å². The average Bonchev–Trinajstić information content (AvgIpc) is 3.04. The van der Waals surface area contributed by atoms with Crippen LogP contribution in [-0.4, -0.2) is 77.5 Å². The number of ether oxygens (including phenoxy) is 1. The standard InChI is InChI=1S/C19H26N6O4/c1-12(2)9-20-23-18-21-16-15(17(27)22-19(28)24(16)3)25(18)10-13(26)11-29-14-7-5-4-6-8-14/h4-9,12-13,15-16,26H,10-11H2,1-3H3,(H,21,23)(H,22,27,28)/b20-9+. The molecule has 0 aliphatic carbocycles. The van der Waals surface area contributed by atoms with Gasteiger partial charge in [-0.3, -0.25) is 10.1 Å². The fourth-order valence-electron chi connectivity index (χ4n) is 3.05. The first kappa shape index (κ1) is 20.6. The second kappa shape index (κ2) is 8.91. The van der Waals surface area contributed by atoms with Crippen LogP contribution in [0.3, 0.4) is 0 Å². The Kier molecular flexibility index (Phi) is 6.32. The zero-order valence-corrected chi connectivity index (χ0v) is 16.6. The Labute approximate surface area is 169 Å². The van der Waals surface area contributed by atoms with E-state index in [1.807, 2.05) is 32.0 Å². The van der Waals surface area contributed by atoms with Crippen LogP contribution in [0.4, 0.5) is 4.79 Å². The molecular formula is C19H26N6O4. The number of para-hydroxylation sites is 1. The van der Waals surface area contributed by atoms with Crippen LogP contribution in [0.2, 0.25) is 0 Å². The number of β-amino-alcohol motifs (C(OH)–C–C–N with tert-alkyl or cyclic N) is 1. The molecule has 0 radical (unpaired) electrons. The highest BCUT2D eigenvalue weighted by molar-refractivity contribution is 6.03. The molecule has 10 nitrogen and oxygen atoms in total. The Morgan fingerprint density at radius 2 is 2.07 bits per heavy atom. The van der Waals surface area contributed by atoms with Crippen LogP contribution in [0, 0.1) is 5.92 Å². The van der Waals surface area contributed by atoms with Crippen molar-refractivity contribution in [2.75, 3.05) is 20.2 Å². The van der Waals surface area contributed by atoms with Crippen molar-refractivity contribution in [3.05, 3.63) is 30.3 Å². The van der Waals surface area contributed by atoms with Crippen LogP contribution in [0.1, 0.15) is 13.8 Å². The summed E-state index contributed by atoms with van der Waals surface area (Å²) in [5, 5.41) is 16.9. The smallest absolute Gasteiger partial charge is 0.325 e. The van der Waals surface area contributed by atoms with Gasteiger partial charge in [-0.25, -0.2) is 15.2 Å². The maximum Gasteiger partial charge on any atom is 0.325 e. The summed E-state index contributed by atoms with van der Waals surface area (Å²) in [6.45, 7) is 4.07. The third-order valence-electron chi connectivity index (χ3n) is 4.49. The summed E-state index contributed by atoms with van der Waals surface area (Å²) in [6, 6.07) is 7.87. The largest absolute Gasteiger partial charge is 0.491 e. The minimum atomic E-state index is -0.897. The van der Waals surface area contributed by atoms with E-state index in [1.54, 1.807) is 30.3 Å². The van der Waals surface area contributed by atoms with Crippen molar-refractivity contribution in [2.24, 2.45) is 16.0 Å². The van der Waals surface area contributed by atoms with Gasteiger partial charge in [-0.15, -0.1) is 0 Å². The number of benzene rings is 1. The molecule has 1 aromatic rings. The number of aliphatic hydroxyl groups is 1. The number of carbonyl (C=O) groups excluding carboxylic acids is 2. The minimum Gasteiger partial charge on any atom is -0.491 e. The number of hydrazone groups is 1. The van der Waals surface area contributed by atoms with E-state index < -0.39 is 30.2 Å². The number of urea groups is 1. The van der Waals surface area contributed by atoms with Gasteiger partial charge < -0.3 is 19.6 Å². The molecule has 156 valence electrons. The first-order valence-electron chi connectivity index (χ1n) is 9.44. The maximum atomic E-state index is 12.5. The number of likely N-dealkylation sites (N-methyl/N-ethyl adjacent to an activating group) is 1. The van der Waals surface area contributed by atoms with Crippen molar-refractivity contribution < 1.29 is 19.4 Å². The van der Waals surface area contributed by atoms with Crippen molar-refractivity contribution in [3.63, 3.8) is 0 Å². The molecule has 2 aliphatic heterocycles. The first-order chi connectivity index (χ1) is 13.9. The SMILES string of the molecule is CC(C)/C=N/NC1=NC2C(C(=O)NC(=O)N2C)N1CC(O)COc1ccccc1. The van der Waals surface area contributed by atoms with E-state index in [-0.39, 0.29) is 19.1 Å². The van der Waals surface area contributed by atoms with Gasteiger partial charge in [-0.1, -0.05) is 32.0 Å². The molecule has 29 heavy (non-hydrogen) atoms. The van der Waals surface area contributed by atoms with Gasteiger partial charge in [0.15, 0.2) is 12.2 Å². The Morgan fingerprint density at radius 3 is 2.76 bits per heavy atom. The average molecular weight is 402 g/mol. The van der Waals surface area contributed by atoms with E-state index in [4.69, 9.17) is 4.74 Å². The lowest BCUT2D eigenvalue weighted by molar-refractivity contribution is -0.127. The van der Waals surface area contributed by atoms with Gasteiger partial charge in [0.2, 0.25) is 5.96 Å². The first-order valence-corrected chi connectivity index (χ1v) is 9.44. The highest BCUT2D eigenvalue weighted by Gasteiger charge is 2.49. The molecule has 1 aromatic carbocycles. The predicted octanol–water partition coefficient (Wildman–Crippen LogP) is 0.206. The van der Waals surface area contributed by atoms with Gasteiger partial charge in [0, 0.05) is 13.3 Å². The van der Waals surface area contributed by atoms with E-state index in [2.05, 4.69) is 20.8 Å². The molecule has 1 saturated heterocycles. The van der Waals surface area contributed by atoms with Gasteiger partial charge in [-0.05, 0) is 18.1 Å². The van der Waals surface area contributed by atoms with Crippen molar-refractivity contribution in [1.82, 2.24) is 20.5 Å². The molecule has 3 unspecified atom stereocenters. The van der Waals surface area contributed by atoms with Crippen LogP contribution < -0.4 is 15.5 Å². The lowest BCUT2D eigenvalue weighted by Gasteiger charge is -2.36. The third kappa shape index (κ3) is 4.83. The van der Waals surface area contributed by atoms with Gasteiger partial charge in [-0.2, -0.15) is 5.10 Å². The highest BCUT2D eigenvalue weighted by atomic mass is 16.5. The molecule has 0 saturated carbocycles. The third-order valence-corrected chi connectivity index (χ3v) is 4.49. The summed E-state index contributed by atoms with van der Waals surface area (Å²) in [4.78, 5) is 31.8. The number of nitrogens with one attached hydrogen (secondary N) is 2. The lowest BCUT2D eigenvalue weighted by atomic mass is 10.1. The van der Waals surface area contributed by atoms with Crippen LogP contribution >= 0.6 is 0 Å². The fraction of sp³-hybridized carbons (Fsp3) is 0.474. The number of carbonyl (C=O) groups is 2. The molecule has 1 fully saturated rings. The molecule has 0 aromatic heterocycles. The summed E-state index contributed by atoms with van der Waals surface area (Å²) >= 11 is 0. The molecular weight excluding hydrogens is 376 g/mol. The number of aliphatic hydroxyl groups excluding tert-OH is 1. The molecule has 2 heterocycles. The summed E-state index contributed by atoms with van der Waals surface area (Å²) in [6.07, 6.45) is 0.105. The zero-order valence-electron chi connectivity index (χ0n) is 16.6. The number of amides is 3. The van der Waals surface area contributed by atoms with E-state index in [0.29, 0.717) is 11.7 Å². The Balaban J connectivity index is 1.72. The van der Waals surface area contributed by atoms with Crippen molar-refractivity contribution >= 4 is 24.1 Å². The second-order valence-electron chi connectivity index (χ2n) is 7.28. The van der Waals surface area contributed by atoms with Gasteiger partial charge >= 0.3 is 6.03 Å². The molecule has 0 bridgehead atoms. The van der Waals surface area contributed by atoms with E-state index >= 15 is 0 Å². The monoisotopic (exact) mass is 402 g/mol. The van der Waals surface area contributed by atoms with Crippen molar-refractivity contribution in [2.45, 2.75) is 32.2 Å². The number of imide groups is 1. The molecule has 2 aliphatic rings. The second-order valence-corrected chi connectivity index (χ2v) is 7.28. The minimum absolute atomic E-state index is 0.0385. The lowest BCUT2D eigenvalue weighted by Crippen LogP contribution is -2.64. The number of rotatable bonds is 7.